The zero-order chi connectivity index (χ0) is 19.5. The highest BCUT2D eigenvalue weighted by Gasteiger charge is 2.20. The van der Waals surface area contributed by atoms with Gasteiger partial charge in [-0.05, 0) is 30.0 Å². The first kappa shape index (κ1) is 20.1. The standard InChI is InChI=1S/C18H27N5O2S/c1-12(16(24)22(5)6)26-17-21-20-15(23(17)19)11-25-14-9-7-13(8-10-14)18(2,3)4/h7-10,12H,11,19H2,1-6H3. The minimum atomic E-state index is -0.296. The van der Waals surface area contributed by atoms with Crippen LogP contribution in [0, 0.1) is 0 Å². The fourth-order valence-electron chi connectivity index (χ4n) is 2.26. The molecule has 26 heavy (non-hydrogen) atoms. The van der Waals surface area contributed by atoms with Gasteiger partial charge in [0.2, 0.25) is 11.1 Å². The zero-order valence-electron chi connectivity index (χ0n) is 16.2. The third-order valence-electron chi connectivity index (χ3n) is 3.89. The summed E-state index contributed by atoms with van der Waals surface area (Å²) in [5.41, 5.74) is 1.34. The molecule has 7 nitrogen and oxygen atoms in total. The first-order valence-electron chi connectivity index (χ1n) is 8.40. The summed E-state index contributed by atoms with van der Waals surface area (Å²) < 4.78 is 7.13. The molecule has 2 N–H and O–H groups in total. The summed E-state index contributed by atoms with van der Waals surface area (Å²) in [6.45, 7) is 8.52. The maximum atomic E-state index is 12.0. The second kappa shape index (κ2) is 7.99. The van der Waals surface area contributed by atoms with Crippen LogP contribution in [0.3, 0.4) is 0 Å². The zero-order valence-corrected chi connectivity index (χ0v) is 17.0. The van der Waals surface area contributed by atoms with Gasteiger partial charge in [-0.2, -0.15) is 0 Å². The van der Waals surface area contributed by atoms with E-state index in [0.717, 1.165) is 5.75 Å². The van der Waals surface area contributed by atoms with Crippen molar-refractivity contribution in [3.63, 3.8) is 0 Å². The molecule has 0 bridgehead atoms. The van der Waals surface area contributed by atoms with E-state index >= 15 is 0 Å². The predicted molar refractivity (Wildman–Crippen MR) is 104 cm³/mol. The predicted octanol–water partition coefficient (Wildman–Crippen LogP) is 2.44. The first-order valence-corrected chi connectivity index (χ1v) is 9.28. The smallest absolute Gasteiger partial charge is 0.235 e. The lowest BCUT2D eigenvalue weighted by Gasteiger charge is -2.19. The molecule has 1 aromatic carbocycles. The van der Waals surface area contributed by atoms with E-state index in [1.807, 2.05) is 19.1 Å². The molecule has 0 aliphatic heterocycles. The van der Waals surface area contributed by atoms with Crippen molar-refractivity contribution in [3.8, 4) is 5.75 Å². The Labute approximate surface area is 158 Å². The van der Waals surface area contributed by atoms with Crippen molar-refractivity contribution in [2.75, 3.05) is 19.9 Å². The highest BCUT2D eigenvalue weighted by Crippen LogP contribution is 2.25. The molecule has 0 radical (unpaired) electrons. The highest BCUT2D eigenvalue weighted by molar-refractivity contribution is 8.00. The number of aromatic nitrogens is 3. The van der Waals surface area contributed by atoms with Crippen molar-refractivity contribution >= 4 is 17.7 Å². The van der Waals surface area contributed by atoms with Gasteiger partial charge in [0.15, 0.2) is 5.82 Å². The Morgan fingerprint density at radius 2 is 1.88 bits per heavy atom. The average molecular weight is 378 g/mol. The molecular formula is C18H27N5O2S. The van der Waals surface area contributed by atoms with E-state index in [4.69, 9.17) is 10.6 Å². The molecule has 0 saturated heterocycles. The van der Waals surface area contributed by atoms with Crippen LogP contribution in [0.1, 0.15) is 39.1 Å². The summed E-state index contributed by atoms with van der Waals surface area (Å²) in [6, 6.07) is 7.98. The monoisotopic (exact) mass is 377 g/mol. The molecule has 0 aliphatic carbocycles. The minimum Gasteiger partial charge on any atom is -0.486 e. The van der Waals surface area contributed by atoms with E-state index in [2.05, 4.69) is 43.1 Å². The van der Waals surface area contributed by atoms with Crippen molar-refractivity contribution in [1.29, 1.82) is 0 Å². The van der Waals surface area contributed by atoms with Gasteiger partial charge in [-0.15, -0.1) is 10.2 Å². The molecule has 0 spiro atoms. The van der Waals surface area contributed by atoms with E-state index < -0.39 is 0 Å². The van der Waals surface area contributed by atoms with Crippen LogP contribution in [0.5, 0.6) is 5.75 Å². The van der Waals surface area contributed by atoms with Crippen molar-refractivity contribution in [3.05, 3.63) is 35.7 Å². The van der Waals surface area contributed by atoms with E-state index in [9.17, 15) is 4.79 Å². The number of nitrogens with two attached hydrogens (primary N) is 1. The third-order valence-corrected chi connectivity index (χ3v) is 4.94. The van der Waals surface area contributed by atoms with Crippen molar-refractivity contribution < 1.29 is 9.53 Å². The summed E-state index contributed by atoms with van der Waals surface area (Å²) in [4.78, 5) is 13.5. The van der Waals surface area contributed by atoms with E-state index in [1.165, 1.54) is 22.0 Å². The Bertz CT molecular complexity index is 750. The quantitative estimate of drug-likeness (QED) is 0.615. The number of carbonyl (C=O) groups is 1. The van der Waals surface area contributed by atoms with Gasteiger partial charge in [0, 0.05) is 14.1 Å². The van der Waals surface area contributed by atoms with E-state index in [1.54, 1.807) is 19.0 Å². The fourth-order valence-corrected chi connectivity index (χ4v) is 3.19. The first-order chi connectivity index (χ1) is 12.1. The number of hydrogen-bond donors (Lipinski definition) is 1. The number of nitrogen functional groups attached to an aromatic ring is 1. The number of thioether (sulfide) groups is 1. The Balaban J connectivity index is 1.99. The van der Waals surface area contributed by atoms with Crippen LogP contribution in [0.2, 0.25) is 0 Å². The summed E-state index contributed by atoms with van der Waals surface area (Å²) in [5.74, 6) is 7.27. The Morgan fingerprint density at radius 1 is 1.27 bits per heavy atom. The third kappa shape index (κ3) is 4.91. The van der Waals surface area contributed by atoms with Crippen LogP contribution < -0.4 is 10.6 Å². The molecule has 0 saturated carbocycles. The van der Waals surface area contributed by atoms with Crippen molar-refractivity contribution in [2.24, 2.45) is 0 Å². The summed E-state index contributed by atoms with van der Waals surface area (Å²) in [6.07, 6.45) is 0. The van der Waals surface area contributed by atoms with Gasteiger partial charge in [-0.1, -0.05) is 44.7 Å². The molecule has 8 heteroatoms. The fraction of sp³-hybridized carbons (Fsp3) is 0.500. The SMILES string of the molecule is CC(Sc1nnc(COc2ccc(C(C)(C)C)cc2)n1N)C(=O)N(C)C. The van der Waals surface area contributed by atoms with Gasteiger partial charge in [-0.25, -0.2) is 4.68 Å². The van der Waals surface area contributed by atoms with Gasteiger partial charge in [0.25, 0.3) is 0 Å². The maximum Gasteiger partial charge on any atom is 0.235 e. The molecule has 1 atom stereocenters. The molecule has 2 rings (SSSR count). The van der Waals surface area contributed by atoms with E-state index in [0.29, 0.717) is 11.0 Å². The largest absolute Gasteiger partial charge is 0.486 e. The van der Waals surface area contributed by atoms with Gasteiger partial charge >= 0.3 is 0 Å². The Morgan fingerprint density at radius 3 is 2.42 bits per heavy atom. The molecule has 1 unspecified atom stereocenters. The minimum absolute atomic E-state index is 0.00487. The molecular weight excluding hydrogens is 350 g/mol. The van der Waals surface area contributed by atoms with Gasteiger partial charge < -0.3 is 15.5 Å². The van der Waals surface area contributed by atoms with Gasteiger partial charge in [0.05, 0.1) is 5.25 Å². The molecule has 2 aromatic rings. The molecule has 1 aromatic heterocycles. The lowest BCUT2D eigenvalue weighted by molar-refractivity contribution is -0.127. The summed E-state index contributed by atoms with van der Waals surface area (Å²) >= 11 is 1.27. The number of carbonyl (C=O) groups excluding carboxylic acids is 1. The second-order valence-electron chi connectivity index (χ2n) is 7.32. The second-order valence-corrected chi connectivity index (χ2v) is 8.63. The van der Waals surface area contributed by atoms with Crippen LogP contribution in [0.25, 0.3) is 0 Å². The van der Waals surface area contributed by atoms with Crippen LogP contribution >= 0.6 is 11.8 Å². The molecule has 0 fully saturated rings. The van der Waals surface area contributed by atoms with Gasteiger partial charge in [0.1, 0.15) is 12.4 Å². The molecule has 1 heterocycles. The summed E-state index contributed by atoms with van der Waals surface area (Å²) in [5, 5.41) is 8.30. The van der Waals surface area contributed by atoms with Crippen LogP contribution in [0.4, 0.5) is 0 Å². The topological polar surface area (TPSA) is 86.3 Å². The number of nitrogens with zero attached hydrogens (tertiary/aromatic N) is 4. The van der Waals surface area contributed by atoms with Gasteiger partial charge in [-0.3, -0.25) is 4.79 Å². The van der Waals surface area contributed by atoms with Crippen molar-refractivity contribution in [2.45, 2.75) is 50.1 Å². The normalized spacial score (nSPS) is 12.7. The number of ether oxygens (including phenoxy) is 1. The van der Waals surface area contributed by atoms with Crippen LogP contribution in [-0.2, 0) is 16.8 Å². The molecule has 1 amide bonds. The maximum absolute atomic E-state index is 12.0. The number of rotatable bonds is 6. The highest BCUT2D eigenvalue weighted by atomic mass is 32.2. The average Bonchev–Trinajstić information content (AvgIpc) is 2.91. The van der Waals surface area contributed by atoms with Crippen LogP contribution in [0.15, 0.2) is 29.4 Å². The lowest BCUT2D eigenvalue weighted by atomic mass is 9.87. The molecule has 142 valence electrons. The summed E-state index contributed by atoms with van der Waals surface area (Å²) in [7, 11) is 3.44. The number of benzene rings is 1. The lowest BCUT2D eigenvalue weighted by Crippen LogP contribution is -2.30. The van der Waals surface area contributed by atoms with E-state index in [-0.39, 0.29) is 23.2 Å². The Kier molecular flexibility index (Phi) is 6.17. The number of hydrogen-bond acceptors (Lipinski definition) is 6. The molecule has 0 aliphatic rings. The Hall–Kier alpha value is -2.22. The van der Waals surface area contributed by atoms with Crippen molar-refractivity contribution in [1.82, 2.24) is 19.8 Å². The van der Waals surface area contributed by atoms with Crippen LogP contribution in [-0.4, -0.2) is 45.0 Å². The number of amides is 1.